The molecule has 0 radical (unpaired) electrons. The van der Waals surface area contributed by atoms with Crippen LogP contribution >= 0.6 is 23.2 Å². The quantitative estimate of drug-likeness (QED) is 0.864. The summed E-state index contributed by atoms with van der Waals surface area (Å²) in [6, 6.07) is 1.82. The van der Waals surface area contributed by atoms with E-state index in [1.54, 1.807) is 0 Å². The summed E-state index contributed by atoms with van der Waals surface area (Å²) in [4.78, 5) is 26.2. The van der Waals surface area contributed by atoms with Gasteiger partial charge in [0.05, 0.1) is 16.3 Å². The summed E-state index contributed by atoms with van der Waals surface area (Å²) >= 11 is 12.1. The van der Waals surface area contributed by atoms with Crippen LogP contribution in [-0.2, 0) is 19.5 Å². The average molecular weight is 351 g/mol. The van der Waals surface area contributed by atoms with Crippen molar-refractivity contribution in [3.8, 4) is 0 Å². The van der Waals surface area contributed by atoms with E-state index in [1.165, 1.54) is 6.20 Å². The minimum atomic E-state index is -0.00286. The van der Waals surface area contributed by atoms with Gasteiger partial charge in [0.1, 0.15) is 11.0 Å². The molecule has 0 amide bonds. The second kappa shape index (κ2) is 5.89. The van der Waals surface area contributed by atoms with E-state index in [4.69, 9.17) is 23.2 Å². The van der Waals surface area contributed by atoms with Crippen molar-refractivity contribution in [1.29, 1.82) is 0 Å². The van der Waals surface area contributed by atoms with Gasteiger partial charge >= 0.3 is 0 Å². The van der Waals surface area contributed by atoms with Crippen LogP contribution in [0.2, 0.25) is 10.2 Å². The number of rotatable bonds is 3. The number of aromatic amines is 1. The van der Waals surface area contributed by atoms with Gasteiger partial charge in [-0.25, -0.2) is 9.97 Å². The van der Waals surface area contributed by atoms with Crippen molar-refractivity contribution in [2.75, 3.05) is 6.54 Å². The van der Waals surface area contributed by atoms with Gasteiger partial charge in [0.15, 0.2) is 0 Å². The molecule has 2 aromatic heterocycles. The van der Waals surface area contributed by atoms with Crippen molar-refractivity contribution in [2.45, 2.75) is 38.3 Å². The Morgan fingerprint density at radius 2 is 2.17 bits per heavy atom. The van der Waals surface area contributed by atoms with E-state index in [1.807, 2.05) is 6.07 Å². The van der Waals surface area contributed by atoms with Crippen LogP contribution in [0.5, 0.6) is 0 Å². The van der Waals surface area contributed by atoms with Gasteiger partial charge in [0.2, 0.25) is 0 Å². The molecule has 7 heteroatoms. The van der Waals surface area contributed by atoms with Crippen LogP contribution < -0.4 is 5.56 Å². The number of pyridine rings is 1. The largest absolute Gasteiger partial charge is 0.310 e. The molecule has 0 aromatic carbocycles. The molecule has 0 atom stereocenters. The summed E-state index contributed by atoms with van der Waals surface area (Å²) < 4.78 is 0. The minimum Gasteiger partial charge on any atom is -0.310 e. The molecule has 1 aliphatic carbocycles. The van der Waals surface area contributed by atoms with Gasteiger partial charge in [-0.05, 0) is 18.9 Å². The Balaban J connectivity index is 1.56. The lowest BCUT2D eigenvalue weighted by atomic mass is 10.1. The summed E-state index contributed by atoms with van der Waals surface area (Å²) in [6.45, 7) is 2.04. The molecule has 0 bridgehead atoms. The molecule has 0 unspecified atom stereocenters. The monoisotopic (exact) mass is 350 g/mol. The van der Waals surface area contributed by atoms with E-state index in [9.17, 15) is 4.79 Å². The highest BCUT2D eigenvalue weighted by atomic mass is 35.5. The van der Waals surface area contributed by atoms with Crippen LogP contribution in [0.3, 0.4) is 0 Å². The van der Waals surface area contributed by atoms with Crippen LogP contribution in [0.15, 0.2) is 17.1 Å². The number of aromatic nitrogens is 3. The second-order valence-electron chi connectivity index (χ2n) is 6.21. The Morgan fingerprint density at radius 1 is 1.35 bits per heavy atom. The van der Waals surface area contributed by atoms with Crippen molar-refractivity contribution in [2.24, 2.45) is 0 Å². The summed E-state index contributed by atoms with van der Waals surface area (Å²) in [5.41, 5.74) is 2.59. The van der Waals surface area contributed by atoms with Crippen molar-refractivity contribution in [3.05, 3.63) is 55.4 Å². The van der Waals surface area contributed by atoms with Crippen molar-refractivity contribution in [3.63, 3.8) is 0 Å². The van der Waals surface area contributed by atoms with Crippen LogP contribution in [0, 0.1) is 0 Å². The molecule has 0 saturated heterocycles. The number of nitrogens with zero attached hydrogens (tertiary/aromatic N) is 3. The Kier molecular flexibility index (Phi) is 3.87. The van der Waals surface area contributed by atoms with Crippen molar-refractivity contribution < 1.29 is 0 Å². The number of halogens is 2. The molecule has 3 heterocycles. The van der Waals surface area contributed by atoms with Gasteiger partial charge in [0.25, 0.3) is 5.56 Å². The maximum atomic E-state index is 12.4. The standard InChI is InChI=1S/C16H16Cl2N4O/c17-11-5-10(14(18)19-6-11)7-22-4-3-13-12(8-22)16(23)21-15(20-13)9-1-2-9/h5-6,9H,1-4,7-8H2,(H,20,21,23). The Morgan fingerprint density at radius 3 is 2.96 bits per heavy atom. The molecule has 1 fully saturated rings. The van der Waals surface area contributed by atoms with E-state index < -0.39 is 0 Å². The van der Waals surface area contributed by atoms with Crippen molar-refractivity contribution in [1.82, 2.24) is 19.9 Å². The topological polar surface area (TPSA) is 61.9 Å². The lowest BCUT2D eigenvalue weighted by Gasteiger charge is -2.28. The zero-order valence-corrected chi connectivity index (χ0v) is 14.0. The van der Waals surface area contributed by atoms with Crippen molar-refractivity contribution >= 4 is 23.2 Å². The van der Waals surface area contributed by atoms with E-state index in [2.05, 4.69) is 19.9 Å². The van der Waals surface area contributed by atoms with E-state index >= 15 is 0 Å². The third-order valence-corrected chi connectivity index (χ3v) is 4.95. The average Bonchev–Trinajstić information content (AvgIpc) is 3.36. The number of nitrogens with one attached hydrogen (secondary N) is 1. The van der Waals surface area contributed by atoms with E-state index in [0.717, 1.165) is 48.5 Å². The summed E-state index contributed by atoms with van der Waals surface area (Å²) in [5.74, 6) is 1.33. The summed E-state index contributed by atoms with van der Waals surface area (Å²) in [6.07, 6.45) is 4.58. The highest BCUT2D eigenvalue weighted by Crippen LogP contribution is 2.37. The first-order valence-electron chi connectivity index (χ1n) is 7.74. The zero-order chi connectivity index (χ0) is 16.0. The second-order valence-corrected chi connectivity index (χ2v) is 7.01. The lowest BCUT2D eigenvalue weighted by molar-refractivity contribution is 0.241. The molecule has 1 N–H and O–H groups in total. The van der Waals surface area contributed by atoms with Crippen LogP contribution in [0.1, 0.15) is 41.4 Å². The fraction of sp³-hybridized carbons (Fsp3) is 0.438. The molecule has 1 saturated carbocycles. The molecular weight excluding hydrogens is 335 g/mol. The Labute approximate surface area is 143 Å². The fourth-order valence-corrected chi connectivity index (χ4v) is 3.35. The van der Waals surface area contributed by atoms with E-state index in [0.29, 0.717) is 29.2 Å². The van der Waals surface area contributed by atoms with Gasteiger partial charge in [-0.3, -0.25) is 9.69 Å². The Hall–Kier alpha value is -1.43. The van der Waals surface area contributed by atoms with Crippen LogP contribution in [0.4, 0.5) is 0 Å². The van der Waals surface area contributed by atoms with Crippen LogP contribution in [0.25, 0.3) is 0 Å². The molecule has 2 aliphatic rings. The first-order valence-corrected chi connectivity index (χ1v) is 8.50. The maximum absolute atomic E-state index is 12.4. The van der Waals surface area contributed by atoms with Gasteiger partial charge in [-0.2, -0.15) is 0 Å². The molecule has 1 aliphatic heterocycles. The van der Waals surface area contributed by atoms with Gasteiger partial charge < -0.3 is 4.98 Å². The summed E-state index contributed by atoms with van der Waals surface area (Å²) in [5, 5.41) is 1.02. The third-order valence-electron chi connectivity index (χ3n) is 4.40. The summed E-state index contributed by atoms with van der Waals surface area (Å²) in [7, 11) is 0. The highest BCUT2D eigenvalue weighted by molar-refractivity contribution is 6.32. The smallest absolute Gasteiger partial charge is 0.255 e. The minimum absolute atomic E-state index is 0.00286. The van der Waals surface area contributed by atoms with Gasteiger partial charge in [0, 0.05) is 43.7 Å². The molecule has 4 rings (SSSR count). The number of hydrogen-bond donors (Lipinski definition) is 1. The predicted octanol–water partition coefficient (Wildman–Crippen LogP) is 2.91. The third kappa shape index (κ3) is 3.13. The molecule has 0 spiro atoms. The van der Waals surface area contributed by atoms with Gasteiger partial charge in [-0.15, -0.1) is 0 Å². The van der Waals surface area contributed by atoms with Crippen LogP contribution in [-0.4, -0.2) is 26.4 Å². The molecule has 2 aromatic rings. The fourth-order valence-electron chi connectivity index (χ4n) is 3.00. The zero-order valence-electron chi connectivity index (χ0n) is 12.5. The normalized spacial score (nSPS) is 18.0. The molecule has 5 nitrogen and oxygen atoms in total. The molecule has 23 heavy (non-hydrogen) atoms. The number of H-pyrrole nitrogens is 1. The predicted molar refractivity (Wildman–Crippen MR) is 88.9 cm³/mol. The first-order chi connectivity index (χ1) is 11.1. The molecular formula is C16H16Cl2N4O. The number of hydrogen-bond acceptors (Lipinski definition) is 4. The SMILES string of the molecule is O=c1[nH]c(C2CC2)nc2c1CN(Cc1cc(Cl)cnc1Cl)CC2. The maximum Gasteiger partial charge on any atom is 0.255 e. The highest BCUT2D eigenvalue weighted by Gasteiger charge is 2.29. The lowest BCUT2D eigenvalue weighted by Crippen LogP contribution is -2.35. The molecule has 120 valence electrons. The van der Waals surface area contributed by atoms with E-state index in [-0.39, 0.29) is 5.56 Å². The number of fused-ring (bicyclic) bond motifs is 1. The first kappa shape index (κ1) is 15.1. The van der Waals surface area contributed by atoms with Gasteiger partial charge in [-0.1, -0.05) is 23.2 Å². The Bertz CT molecular complexity index is 816.